The Balaban J connectivity index is 3.03. The maximum atomic E-state index is 12.2. The van der Waals surface area contributed by atoms with E-state index in [1.165, 1.54) is 6.07 Å². The predicted octanol–water partition coefficient (Wildman–Crippen LogP) is -1.50. The number of hydrogen-bond donors (Lipinski definition) is 3. The first-order valence-corrected chi connectivity index (χ1v) is 5.66. The van der Waals surface area contributed by atoms with Crippen molar-refractivity contribution in [2.24, 2.45) is 11.5 Å². The van der Waals surface area contributed by atoms with E-state index in [1.807, 2.05) is 6.92 Å². The molecule has 1 aromatic heterocycles. The lowest BCUT2D eigenvalue weighted by Crippen LogP contribution is -2.43. The first kappa shape index (κ1) is 14.6. The summed E-state index contributed by atoms with van der Waals surface area (Å²) in [6.07, 6.45) is 1.60. The van der Waals surface area contributed by atoms with Crippen LogP contribution < -0.4 is 17.2 Å². The molecule has 0 aliphatic heterocycles. The third-order valence-corrected chi connectivity index (χ3v) is 2.46. The molecule has 1 rings (SSSR count). The maximum absolute atomic E-state index is 12.2. The molecule has 0 radical (unpaired) electrons. The van der Waals surface area contributed by atoms with Gasteiger partial charge < -0.3 is 26.7 Å². The number of amides is 3. The minimum absolute atomic E-state index is 0.280. The summed E-state index contributed by atoms with van der Waals surface area (Å²) in [5, 5.41) is 0. The lowest BCUT2D eigenvalue weighted by atomic mass is 10.3. The highest BCUT2D eigenvalue weighted by Crippen LogP contribution is 2.13. The smallest absolute Gasteiger partial charge is 0.271 e. The number of nitrogens with zero attached hydrogens (tertiary/aromatic N) is 2. The van der Waals surface area contributed by atoms with E-state index >= 15 is 0 Å². The van der Waals surface area contributed by atoms with E-state index in [0.717, 1.165) is 4.90 Å². The molecule has 0 aromatic carbocycles. The maximum Gasteiger partial charge on any atom is 0.271 e. The third-order valence-electron chi connectivity index (χ3n) is 2.46. The van der Waals surface area contributed by atoms with Gasteiger partial charge >= 0.3 is 0 Å². The predicted molar refractivity (Wildman–Crippen MR) is 68.8 cm³/mol. The van der Waals surface area contributed by atoms with Crippen molar-refractivity contribution in [3.63, 3.8) is 0 Å². The molecule has 0 aliphatic rings. The first-order chi connectivity index (χ1) is 8.85. The fourth-order valence-electron chi connectivity index (χ4n) is 1.71. The van der Waals surface area contributed by atoms with Gasteiger partial charge in [0.1, 0.15) is 18.8 Å². The van der Waals surface area contributed by atoms with Gasteiger partial charge in [0.05, 0.1) is 5.69 Å². The van der Waals surface area contributed by atoms with Crippen LogP contribution in [0.1, 0.15) is 17.4 Å². The summed E-state index contributed by atoms with van der Waals surface area (Å²) in [4.78, 5) is 35.1. The molecular formula is C11H17N5O3. The van der Waals surface area contributed by atoms with Gasteiger partial charge in [0.2, 0.25) is 11.8 Å². The number of hydrogen-bond acceptors (Lipinski definition) is 4. The highest BCUT2D eigenvalue weighted by atomic mass is 16.2. The van der Waals surface area contributed by atoms with Crippen LogP contribution in [0.2, 0.25) is 0 Å². The monoisotopic (exact) mass is 267 g/mol. The van der Waals surface area contributed by atoms with Gasteiger partial charge in [-0.05, 0) is 13.0 Å². The van der Waals surface area contributed by atoms with Crippen molar-refractivity contribution in [1.82, 2.24) is 9.47 Å². The van der Waals surface area contributed by atoms with E-state index in [0.29, 0.717) is 12.2 Å². The second-order valence-corrected chi connectivity index (χ2v) is 4.04. The van der Waals surface area contributed by atoms with Gasteiger partial charge in [0, 0.05) is 12.7 Å². The Morgan fingerprint density at radius 3 is 2.16 bits per heavy atom. The highest BCUT2D eigenvalue weighted by Gasteiger charge is 2.22. The fourth-order valence-corrected chi connectivity index (χ4v) is 1.71. The van der Waals surface area contributed by atoms with Crippen LogP contribution in [-0.4, -0.2) is 40.3 Å². The van der Waals surface area contributed by atoms with E-state index in [4.69, 9.17) is 17.2 Å². The third kappa shape index (κ3) is 3.73. The molecule has 8 nitrogen and oxygen atoms in total. The Hall–Kier alpha value is -2.51. The number of anilines is 1. The zero-order chi connectivity index (χ0) is 14.6. The minimum Gasteiger partial charge on any atom is -0.397 e. The molecule has 1 heterocycles. The Kier molecular flexibility index (Phi) is 4.51. The summed E-state index contributed by atoms with van der Waals surface area (Å²) < 4.78 is 1.62. The molecule has 1 aromatic rings. The van der Waals surface area contributed by atoms with Crippen LogP contribution in [-0.2, 0) is 16.1 Å². The van der Waals surface area contributed by atoms with Crippen molar-refractivity contribution in [1.29, 1.82) is 0 Å². The van der Waals surface area contributed by atoms with Gasteiger partial charge in [-0.2, -0.15) is 0 Å². The van der Waals surface area contributed by atoms with Gasteiger partial charge in [-0.15, -0.1) is 0 Å². The lowest BCUT2D eigenvalue weighted by molar-refractivity contribution is -0.121. The second-order valence-electron chi connectivity index (χ2n) is 4.04. The highest BCUT2D eigenvalue weighted by molar-refractivity contribution is 5.98. The van der Waals surface area contributed by atoms with Crippen LogP contribution in [0.3, 0.4) is 0 Å². The SMILES string of the molecule is CCn1cc(N)cc1C(=O)N(CC(N)=O)CC(N)=O. The zero-order valence-electron chi connectivity index (χ0n) is 10.6. The molecule has 0 spiro atoms. The zero-order valence-corrected chi connectivity index (χ0v) is 10.6. The van der Waals surface area contributed by atoms with Crippen LogP contribution in [0.15, 0.2) is 12.3 Å². The molecule has 0 atom stereocenters. The summed E-state index contributed by atoms with van der Waals surface area (Å²) in [5.74, 6) is -1.97. The van der Waals surface area contributed by atoms with Gasteiger partial charge in [0.15, 0.2) is 0 Å². The molecule has 3 amide bonds. The molecule has 8 heteroatoms. The van der Waals surface area contributed by atoms with Crippen LogP contribution >= 0.6 is 0 Å². The van der Waals surface area contributed by atoms with Crippen molar-refractivity contribution in [2.75, 3.05) is 18.8 Å². The van der Waals surface area contributed by atoms with E-state index in [2.05, 4.69) is 0 Å². The van der Waals surface area contributed by atoms with Gasteiger partial charge in [-0.1, -0.05) is 0 Å². The number of rotatable bonds is 6. The first-order valence-electron chi connectivity index (χ1n) is 5.66. The second kappa shape index (κ2) is 5.89. The summed E-state index contributed by atoms with van der Waals surface area (Å²) >= 11 is 0. The number of nitrogen functional groups attached to an aromatic ring is 1. The molecular weight excluding hydrogens is 250 g/mol. The normalized spacial score (nSPS) is 10.2. The van der Waals surface area contributed by atoms with Crippen LogP contribution in [0.4, 0.5) is 5.69 Å². The van der Waals surface area contributed by atoms with E-state index in [1.54, 1.807) is 10.8 Å². The number of carbonyl (C=O) groups is 3. The molecule has 0 saturated carbocycles. The van der Waals surface area contributed by atoms with Gasteiger partial charge in [0.25, 0.3) is 5.91 Å². The number of aryl methyl sites for hydroxylation is 1. The fraction of sp³-hybridized carbons (Fsp3) is 0.364. The van der Waals surface area contributed by atoms with Crippen LogP contribution in [0, 0.1) is 0 Å². The van der Waals surface area contributed by atoms with Gasteiger partial charge in [-0.25, -0.2) is 0 Å². The Morgan fingerprint density at radius 2 is 1.74 bits per heavy atom. The molecule has 6 N–H and O–H groups in total. The average molecular weight is 267 g/mol. The molecule has 0 aliphatic carbocycles. The topological polar surface area (TPSA) is 137 Å². The number of carbonyl (C=O) groups excluding carboxylic acids is 3. The van der Waals surface area contributed by atoms with Crippen molar-refractivity contribution in [3.05, 3.63) is 18.0 Å². The van der Waals surface area contributed by atoms with E-state index in [-0.39, 0.29) is 18.8 Å². The van der Waals surface area contributed by atoms with Crippen molar-refractivity contribution in [3.8, 4) is 0 Å². The summed E-state index contributed by atoms with van der Waals surface area (Å²) in [5.41, 5.74) is 16.4. The molecule has 19 heavy (non-hydrogen) atoms. The van der Waals surface area contributed by atoms with Gasteiger partial charge in [-0.3, -0.25) is 14.4 Å². The largest absolute Gasteiger partial charge is 0.397 e. The Bertz CT molecular complexity index is 492. The summed E-state index contributed by atoms with van der Waals surface area (Å²) in [6, 6.07) is 1.47. The summed E-state index contributed by atoms with van der Waals surface area (Å²) in [6.45, 7) is 1.61. The average Bonchev–Trinajstić information content (AvgIpc) is 2.67. The van der Waals surface area contributed by atoms with Crippen LogP contribution in [0.5, 0.6) is 0 Å². The minimum atomic E-state index is -0.725. The van der Waals surface area contributed by atoms with Crippen molar-refractivity contribution < 1.29 is 14.4 Å². The molecule has 0 fully saturated rings. The molecule has 0 unspecified atom stereocenters. The number of nitrogens with two attached hydrogens (primary N) is 3. The number of primary amides is 2. The summed E-state index contributed by atoms with van der Waals surface area (Å²) in [7, 11) is 0. The molecule has 0 bridgehead atoms. The quantitative estimate of drug-likeness (QED) is 0.577. The molecule has 0 saturated heterocycles. The van der Waals surface area contributed by atoms with Crippen molar-refractivity contribution >= 4 is 23.4 Å². The number of aromatic nitrogens is 1. The van der Waals surface area contributed by atoms with E-state index in [9.17, 15) is 14.4 Å². The molecule has 104 valence electrons. The van der Waals surface area contributed by atoms with Crippen LogP contribution in [0.25, 0.3) is 0 Å². The standard InChI is InChI=1S/C11H17N5O3/c1-2-15-4-7(12)3-8(15)11(19)16(5-9(13)17)6-10(14)18/h3-4H,2,5-6,12H2,1H3,(H2,13,17)(H2,14,18). The Labute approximate surface area is 110 Å². The van der Waals surface area contributed by atoms with Crippen molar-refractivity contribution in [2.45, 2.75) is 13.5 Å². The van der Waals surface area contributed by atoms with E-state index < -0.39 is 17.7 Å². The Morgan fingerprint density at radius 1 is 1.21 bits per heavy atom. The lowest BCUT2D eigenvalue weighted by Gasteiger charge is -2.20.